The first-order chi connectivity index (χ1) is 13.1. The Balaban J connectivity index is 1.74. The van der Waals surface area contributed by atoms with E-state index in [4.69, 9.17) is 9.47 Å². The summed E-state index contributed by atoms with van der Waals surface area (Å²) in [7, 11) is 0. The average Bonchev–Trinajstić information content (AvgIpc) is 2.65. The van der Waals surface area contributed by atoms with Crippen molar-refractivity contribution in [2.75, 3.05) is 26.3 Å². The topological polar surface area (TPSA) is 101 Å². The summed E-state index contributed by atoms with van der Waals surface area (Å²) in [4.78, 5) is 30.7. The lowest BCUT2D eigenvalue weighted by molar-refractivity contribution is -0.150. The second-order valence-electron chi connectivity index (χ2n) is 6.96. The summed E-state index contributed by atoms with van der Waals surface area (Å²) >= 11 is 0. The molecule has 1 aromatic heterocycles. The zero-order valence-corrected chi connectivity index (χ0v) is 15.5. The Bertz CT molecular complexity index is 641. The molecule has 0 aromatic carbocycles. The van der Waals surface area contributed by atoms with Crippen LogP contribution in [-0.2, 0) is 14.3 Å². The van der Waals surface area contributed by atoms with Crippen LogP contribution in [0.3, 0.4) is 0 Å². The monoisotopic (exact) mass is 377 g/mol. The number of carbonyl (C=O) groups excluding carboxylic acids is 2. The summed E-state index contributed by atoms with van der Waals surface area (Å²) in [6, 6.07) is 4.97. The van der Waals surface area contributed by atoms with Crippen molar-refractivity contribution in [3.8, 4) is 0 Å². The molecule has 27 heavy (non-hydrogen) atoms. The van der Waals surface area contributed by atoms with Gasteiger partial charge in [-0.2, -0.15) is 0 Å². The van der Waals surface area contributed by atoms with E-state index >= 15 is 0 Å². The molecular weight excluding hydrogens is 350 g/mol. The Labute approximate surface area is 158 Å². The number of hydrogen-bond acceptors (Lipinski definition) is 6. The van der Waals surface area contributed by atoms with Gasteiger partial charge in [0.25, 0.3) is 5.91 Å². The van der Waals surface area contributed by atoms with Crippen LogP contribution in [0.25, 0.3) is 0 Å². The minimum atomic E-state index is -0.758. The molecule has 148 valence electrons. The molecule has 2 aliphatic rings. The summed E-state index contributed by atoms with van der Waals surface area (Å²) in [5, 5.41) is 13.0. The van der Waals surface area contributed by atoms with E-state index in [9.17, 15) is 14.7 Å². The normalized spacial score (nSPS) is 28.6. The van der Waals surface area contributed by atoms with Gasteiger partial charge in [0.05, 0.1) is 37.9 Å². The van der Waals surface area contributed by atoms with Crippen LogP contribution in [0.15, 0.2) is 24.4 Å². The van der Waals surface area contributed by atoms with E-state index in [0.717, 1.165) is 0 Å². The highest BCUT2D eigenvalue weighted by Crippen LogP contribution is 2.28. The molecule has 2 amide bonds. The van der Waals surface area contributed by atoms with Crippen molar-refractivity contribution in [2.45, 2.75) is 50.5 Å². The highest BCUT2D eigenvalue weighted by molar-refractivity contribution is 5.92. The third-order valence-electron chi connectivity index (χ3n) is 4.91. The molecule has 1 aromatic rings. The van der Waals surface area contributed by atoms with Crippen LogP contribution in [0.4, 0.5) is 0 Å². The highest BCUT2D eigenvalue weighted by Gasteiger charge is 2.40. The smallest absolute Gasteiger partial charge is 0.272 e. The average molecular weight is 377 g/mol. The van der Waals surface area contributed by atoms with E-state index in [1.807, 2.05) is 6.92 Å². The Hall–Kier alpha value is -2.03. The second-order valence-corrected chi connectivity index (χ2v) is 6.96. The molecule has 2 N–H and O–H groups in total. The number of hydrogen-bond donors (Lipinski definition) is 2. The zero-order chi connectivity index (χ0) is 19.2. The van der Waals surface area contributed by atoms with Gasteiger partial charge < -0.3 is 24.8 Å². The molecule has 0 unspecified atom stereocenters. The number of nitrogens with zero attached hydrogens (tertiary/aromatic N) is 2. The lowest BCUT2D eigenvalue weighted by Gasteiger charge is -2.44. The van der Waals surface area contributed by atoms with E-state index in [1.165, 1.54) is 0 Å². The second kappa shape index (κ2) is 9.25. The van der Waals surface area contributed by atoms with Gasteiger partial charge in [-0.05, 0) is 31.9 Å². The lowest BCUT2D eigenvalue weighted by atomic mass is 9.94. The van der Waals surface area contributed by atoms with Crippen molar-refractivity contribution >= 4 is 11.8 Å². The number of pyridine rings is 1. The van der Waals surface area contributed by atoms with Gasteiger partial charge in [-0.25, -0.2) is 0 Å². The molecule has 8 heteroatoms. The molecule has 0 aliphatic carbocycles. The Kier molecular flexibility index (Phi) is 6.76. The zero-order valence-electron chi connectivity index (χ0n) is 15.5. The molecule has 0 saturated carbocycles. The number of aliphatic hydroxyl groups excluding tert-OH is 1. The number of aliphatic hydroxyl groups is 1. The lowest BCUT2D eigenvalue weighted by Crippen LogP contribution is -2.57. The number of aromatic nitrogens is 1. The van der Waals surface area contributed by atoms with Crippen LogP contribution in [0, 0.1) is 0 Å². The van der Waals surface area contributed by atoms with Crippen LogP contribution in [-0.4, -0.2) is 77.5 Å². The number of fused-ring (bicyclic) bond motifs is 1. The van der Waals surface area contributed by atoms with Crippen molar-refractivity contribution in [2.24, 2.45) is 0 Å². The molecular formula is C19H27N3O5. The molecule has 2 saturated heterocycles. The molecule has 3 rings (SSSR count). The molecule has 4 atom stereocenters. The summed E-state index contributed by atoms with van der Waals surface area (Å²) in [6.45, 7) is 3.05. The number of rotatable bonds is 4. The number of ether oxygens (including phenoxy) is 2. The molecule has 0 spiro atoms. The van der Waals surface area contributed by atoms with Crippen molar-refractivity contribution in [3.63, 3.8) is 0 Å². The minimum Gasteiger partial charge on any atom is -0.389 e. The fourth-order valence-corrected chi connectivity index (χ4v) is 3.69. The Morgan fingerprint density at radius 3 is 2.93 bits per heavy atom. The van der Waals surface area contributed by atoms with Gasteiger partial charge in [-0.15, -0.1) is 0 Å². The summed E-state index contributed by atoms with van der Waals surface area (Å²) in [6.07, 6.45) is 1.94. The van der Waals surface area contributed by atoms with Crippen LogP contribution < -0.4 is 5.32 Å². The van der Waals surface area contributed by atoms with E-state index < -0.39 is 6.10 Å². The quantitative estimate of drug-likeness (QED) is 0.786. The predicted octanol–water partition coefficient (Wildman–Crippen LogP) is 0.357. The SMILES string of the molecule is CCNC(=O)C[C@H]1CC[C@H]2[C@@H](COC[C@@H](O)CN2C(=O)c2ccccn2)O1. The summed E-state index contributed by atoms with van der Waals surface area (Å²) in [5.41, 5.74) is 0.342. The maximum atomic E-state index is 13.0. The maximum absolute atomic E-state index is 13.0. The van der Waals surface area contributed by atoms with Gasteiger partial charge in [0.15, 0.2) is 0 Å². The van der Waals surface area contributed by atoms with E-state index in [2.05, 4.69) is 10.3 Å². The van der Waals surface area contributed by atoms with Crippen molar-refractivity contribution in [1.29, 1.82) is 0 Å². The highest BCUT2D eigenvalue weighted by atomic mass is 16.5. The number of nitrogens with one attached hydrogen (secondary N) is 1. The molecule has 0 radical (unpaired) electrons. The predicted molar refractivity (Wildman–Crippen MR) is 97.1 cm³/mol. The fraction of sp³-hybridized carbons (Fsp3) is 0.632. The van der Waals surface area contributed by atoms with E-state index in [0.29, 0.717) is 31.5 Å². The van der Waals surface area contributed by atoms with Crippen molar-refractivity contribution < 1.29 is 24.2 Å². The number of amides is 2. The summed E-state index contributed by atoms with van der Waals surface area (Å²) in [5.74, 6) is -0.262. The van der Waals surface area contributed by atoms with E-state index in [-0.39, 0.29) is 49.8 Å². The van der Waals surface area contributed by atoms with Gasteiger partial charge in [-0.1, -0.05) is 6.07 Å². The number of β-amino-alcohol motifs (C(OH)–C–C–N with tert-alkyl or cyclic N) is 1. The van der Waals surface area contributed by atoms with Crippen molar-refractivity contribution in [1.82, 2.24) is 15.2 Å². The standard InChI is InChI=1S/C19H27N3O5/c1-2-20-18(24)9-14-6-7-16-17(27-14)12-26-11-13(23)10-22(16)19(25)15-5-3-4-8-21-15/h3-5,8,13-14,16-17,23H,2,6-7,9-12H2,1H3,(H,20,24)/t13-,14+,16-,17+/m0/s1. The van der Waals surface area contributed by atoms with Crippen LogP contribution >= 0.6 is 0 Å². The van der Waals surface area contributed by atoms with Crippen LogP contribution in [0.2, 0.25) is 0 Å². The summed E-state index contributed by atoms with van der Waals surface area (Å²) < 4.78 is 11.7. The fourth-order valence-electron chi connectivity index (χ4n) is 3.69. The van der Waals surface area contributed by atoms with Gasteiger partial charge >= 0.3 is 0 Å². The Morgan fingerprint density at radius 1 is 1.33 bits per heavy atom. The third kappa shape index (κ3) is 5.03. The van der Waals surface area contributed by atoms with Gasteiger partial charge in [0.1, 0.15) is 11.8 Å². The molecule has 8 nitrogen and oxygen atoms in total. The first kappa shape index (κ1) is 19.7. The first-order valence-electron chi connectivity index (χ1n) is 9.48. The van der Waals surface area contributed by atoms with Crippen molar-refractivity contribution in [3.05, 3.63) is 30.1 Å². The first-order valence-corrected chi connectivity index (χ1v) is 9.48. The molecule has 3 heterocycles. The van der Waals surface area contributed by atoms with Gasteiger partial charge in [-0.3, -0.25) is 14.6 Å². The van der Waals surface area contributed by atoms with Crippen LogP contribution in [0.1, 0.15) is 36.7 Å². The third-order valence-corrected chi connectivity index (χ3v) is 4.91. The van der Waals surface area contributed by atoms with E-state index in [1.54, 1.807) is 29.3 Å². The largest absolute Gasteiger partial charge is 0.389 e. The maximum Gasteiger partial charge on any atom is 0.272 e. The number of carbonyl (C=O) groups is 2. The van der Waals surface area contributed by atoms with Gasteiger partial charge in [0.2, 0.25) is 5.91 Å². The van der Waals surface area contributed by atoms with Gasteiger partial charge in [0, 0.05) is 19.3 Å². The molecule has 2 fully saturated rings. The van der Waals surface area contributed by atoms with Crippen LogP contribution in [0.5, 0.6) is 0 Å². The Morgan fingerprint density at radius 2 is 2.19 bits per heavy atom. The molecule has 2 aliphatic heterocycles. The minimum absolute atomic E-state index is 0.0375. The molecule has 0 bridgehead atoms.